The molecule has 0 bridgehead atoms. The van der Waals surface area contributed by atoms with Gasteiger partial charge in [-0.25, -0.2) is 0 Å². The van der Waals surface area contributed by atoms with Crippen LogP contribution in [0.15, 0.2) is 12.1 Å². The van der Waals surface area contributed by atoms with Crippen molar-refractivity contribution in [3.63, 3.8) is 0 Å². The van der Waals surface area contributed by atoms with E-state index in [4.69, 9.17) is 16.7 Å². The van der Waals surface area contributed by atoms with Gasteiger partial charge in [-0.3, -0.25) is 0 Å². The number of hydrogen-bond acceptors (Lipinski definition) is 4. The number of halogens is 1. The van der Waals surface area contributed by atoms with Crippen LogP contribution in [-0.2, 0) is 0 Å². The fraction of sp³-hybridized carbons (Fsp3) is 0. The number of aromatic nitrogens is 2. The molecule has 1 heterocycles. The molecule has 0 aliphatic heterocycles. The molecule has 56 valence electrons. The normalized spacial score (nSPS) is 10.6. The number of nitrogens with zero attached hydrogens (tertiary/aromatic N) is 2. The summed E-state index contributed by atoms with van der Waals surface area (Å²) >= 11 is 6.92. The minimum absolute atomic E-state index is 0.0743. The van der Waals surface area contributed by atoms with Crippen LogP contribution in [0.3, 0.4) is 0 Å². The molecule has 5 heteroatoms. The van der Waals surface area contributed by atoms with Crippen molar-refractivity contribution in [2.45, 2.75) is 0 Å². The third kappa shape index (κ3) is 0.948. The van der Waals surface area contributed by atoms with Crippen molar-refractivity contribution in [2.75, 3.05) is 0 Å². The molecular weight excluding hydrogens is 184 g/mol. The van der Waals surface area contributed by atoms with Crippen LogP contribution >= 0.6 is 23.1 Å². The third-order valence-corrected chi connectivity index (χ3v) is 2.59. The van der Waals surface area contributed by atoms with Crippen LogP contribution in [0.25, 0.3) is 10.2 Å². The molecule has 2 aromatic rings. The van der Waals surface area contributed by atoms with E-state index in [2.05, 4.69) is 9.59 Å². The molecule has 0 aliphatic rings. The first kappa shape index (κ1) is 6.82. The molecule has 0 unspecified atom stereocenters. The van der Waals surface area contributed by atoms with Gasteiger partial charge >= 0.3 is 0 Å². The Morgan fingerprint density at radius 2 is 2.27 bits per heavy atom. The average Bonchev–Trinajstić information content (AvgIpc) is 2.45. The summed E-state index contributed by atoms with van der Waals surface area (Å²) in [5.41, 5.74) is 0.720. The highest BCUT2D eigenvalue weighted by Gasteiger charge is 2.06. The summed E-state index contributed by atoms with van der Waals surface area (Å²) < 4.78 is 4.43. The van der Waals surface area contributed by atoms with Crippen molar-refractivity contribution in [2.24, 2.45) is 0 Å². The Bertz CT molecular complexity index is 400. The third-order valence-electron chi connectivity index (χ3n) is 1.34. The maximum absolute atomic E-state index is 9.15. The minimum atomic E-state index is 0.0743. The van der Waals surface area contributed by atoms with Gasteiger partial charge in [-0.2, -0.15) is 0 Å². The lowest BCUT2D eigenvalue weighted by atomic mass is 10.3. The molecule has 0 atom stereocenters. The Kier molecular flexibility index (Phi) is 1.44. The summed E-state index contributed by atoms with van der Waals surface area (Å²) in [5, 5.41) is 13.3. The summed E-state index contributed by atoms with van der Waals surface area (Å²) in [5.74, 6) is 0.0743. The molecule has 11 heavy (non-hydrogen) atoms. The monoisotopic (exact) mass is 186 g/mol. The van der Waals surface area contributed by atoms with E-state index < -0.39 is 0 Å². The van der Waals surface area contributed by atoms with Crippen molar-refractivity contribution in [3.8, 4) is 5.75 Å². The number of fused-ring (bicyclic) bond motifs is 1. The lowest BCUT2D eigenvalue weighted by Crippen LogP contribution is -1.70. The smallest absolute Gasteiger partial charge is 0.135 e. The molecule has 0 fully saturated rings. The fourth-order valence-electron chi connectivity index (χ4n) is 0.806. The van der Waals surface area contributed by atoms with Crippen molar-refractivity contribution in [1.29, 1.82) is 0 Å². The van der Waals surface area contributed by atoms with Gasteiger partial charge in [0.15, 0.2) is 0 Å². The maximum Gasteiger partial charge on any atom is 0.135 e. The standard InChI is InChI=1S/C6H3ClN2OS/c7-5-4(10)2-1-3-6(5)11-9-8-3/h1-2,10H. The van der Waals surface area contributed by atoms with Gasteiger partial charge in [0.2, 0.25) is 0 Å². The van der Waals surface area contributed by atoms with Crippen LogP contribution in [0, 0.1) is 0 Å². The number of rotatable bonds is 0. The SMILES string of the molecule is Oc1ccc2nnsc2c1Cl. The van der Waals surface area contributed by atoms with Crippen molar-refractivity contribution in [1.82, 2.24) is 9.59 Å². The number of phenolic OH excluding ortho intramolecular Hbond substituents is 1. The second kappa shape index (κ2) is 2.32. The summed E-state index contributed by atoms with van der Waals surface area (Å²) in [6, 6.07) is 3.19. The molecular formula is C6H3ClN2OS. The van der Waals surface area contributed by atoms with E-state index in [1.807, 2.05) is 0 Å². The van der Waals surface area contributed by atoms with Crippen LogP contribution in [0.1, 0.15) is 0 Å². The van der Waals surface area contributed by atoms with Gasteiger partial charge < -0.3 is 5.11 Å². The van der Waals surface area contributed by atoms with E-state index in [-0.39, 0.29) is 5.75 Å². The van der Waals surface area contributed by atoms with Crippen LogP contribution in [0.5, 0.6) is 5.75 Å². The largest absolute Gasteiger partial charge is 0.506 e. The first-order chi connectivity index (χ1) is 5.29. The predicted octanol–water partition coefficient (Wildman–Crippen LogP) is 2.05. The lowest BCUT2D eigenvalue weighted by Gasteiger charge is -1.93. The highest BCUT2D eigenvalue weighted by molar-refractivity contribution is 7.13. The number of phenols is 1. The summed E-state index contributed by atoms with van der Waals surface area (Å²) in [6.07, 6.45) is 0. The molecule has 0 amide bonds. The first-order valence-corrected chi connectivity index (χ1v) is 4.03. The Balaban J connectivity index is 2.93. The second-order valence-electron chi connectivity index (χ2n) is 2.02. The van der Waals surface area contributed by atoms with Gasteiger partial charge in [-0.1, -0.05) is 16.1 Å². The number of aromatic hydroxyl groups is 1. The molecule has 1 N–H and O–H groups in total. The van der Waals surface area contributed by atoms with Crippen LogP contribution in [0.2, 0.25) is 5.02 Å². The van der Waals surface area contributed by atoms with Crippen LogP contribution in [-0.4, -0.2) is 14.7 Å². The molecule has 1 aromatic carbocycles. The zero-order chi connectivity index (χ0) is 7.84. The van der Waals surface area contributed by atoms with Gasteiger partial charge in [0, 0.05) is 0 Å². The van der Waals surface area contributed by atoms with Gasteiger partial charge in [0.1, 0.15) is 16.3 Å². The molecule has 1 aromatic heterocycles. The number of hydrogen-bond donors (Lipinski definition) is 1. The zero-order valence-corrected chi connectivity index (χ0v) is 6.85. The molecule has 0 saturated heterocycles. The fourth-order valence-corrected chi connectivity index (χ4v) is 1.67. The zero-order valence-electron chi connectivity index (χ0n) is 5.28. The Hall–Kier alpha value is -0.870. The summed E-state index contributed by atoms with van der Waals surface area (Å²) in [4.78, 5) is 0. The van der Waals surface area contributed by atoms with Crippen molar-refractivity contribution >= 4 is 33.4 Å². The summed E-state index contributed by atoms with van der Waals surface area (Å²) in [7, 11) is 0. The average molecular weight is 187 g/mol. The molecule has 0 saturated carbocycles. The van der Waals surface area contributed by atoms with Crippen LogP contribution < -0.4 is 0 Å². The van der Waals surface area contributed by atoms with E-state index in [9.17, 15) is 0 Å². The second-order valence-corrected chi connectivity index (χ2v) is 3.15. The van der Waals surface area contributed by atoms with Gasteiger partial charge in [-0.05, 0) is 23.7 Å². The Morgan fingerprint density at radius 1 is 1.45 bits per heavy atom. The quantitative estimate of drug-likeness (QED) is 0.685. The lowest BCUT2D eigenvalue weighted by molar-refractivity contribution is 0.476. The van der Waals surface area contributed by atoms with Gasteiger partial charge in [0.05, 0.1) is 4.70 Å². The highest BCUT2D eigenvalue weighted by atomic mass is 35.5. The van der Waals surface area contributed by atoms with E-state index in [1.54, 1.807) is 6.07 Å². The minimum Gasteiger partial charge on any atom is -0.506 e. The molecule has 2 rings (SSSR count). The molecule has 3 nitrogen and oxygen atoms in total. The molecule has 0 spiro atoms. The van der Waals surface area contributed by atoms with Crippen LogP contribution in [0.4, 0.5) is 0 Å². The number of benzene rings is 1. The maximum atomic E-state index is 9.15. The highest BCUT2D eigenvalue weighted by Crippen LogP contribution is 2.32. The molecule has 0 aliphatic carbocycles. The topological polar surface area (TPSA) is 46.0 Å². The summed E-state index contributed by atoms with van der Waals surface area (Å²) in [6.45, 7) is 0. The van der Waals surface area contributed by atoms with Gasteiger partial charge in [-0.15, -0.1) is 5.10 Å². The van der Waals surface area contributed by atoms with Crippen molar-refractivity contribution < 1.29 is 5.11 Å². The van der Waals surface area contributed by atoms with E-state index in [0.717, 1.165) is 10.2 Å². The van der Waals surface area contributed by atoms with E-state index >= 15 is 0 Å². The van der Waals surface area contributed by atoms with E-state index in [1.165, 1.54) is 17.6 Å². The Morgan fingerprint density at radius 3 is 3.09 bits per heavy atom. The predicted molar refractivity (Wildman–Crippen MR) is 44.1 cm³/mol. The van der Waals surface area contributed by atoms with Crippen molar-refractivity contribution in [3.05, 3.63) is 17.2 Å². The first-order valence-electron chi connectivity index (χ1n) is 2.88. The van der Waals surface area contributed by atoms with E-state index in [0.29, 0.717) is 5.02 Å². The molecule has 0 radical (unpaired) electrons. The van der Waals surface area contributed by atoms with Gasteiger partial charge in [0.25, 0.3) is 0 Å². The Labute approximate surface area is 71.4 Å².